The van der Waals surface area contributed by atoms with E-state index in [1.165, 1.54) is 0 Å². The Morgan fingerprint density at radius 1 is 1.09 bits per heavy atom. The summed E-state index contributed by atoms with van der Waals surface area (Å²) < 4.78 is 2.94. The lowest BCUT2D eigenvalue weighted by molar-refractivity contribution is 0.406. The summed E-state index contributed by atoms with van der Waals surface area (Å²) in [4.78, 5) is 0. The summed E-state index contributed by atoms with van der Waals surface area (Å²) in [6, 6.07) is 15.9. The second kappa shape index (κ2) is 6.02. The number of fused-ring (bicyclic) bond motifs is 1. The summed E-state index contributed by atoms with van der Waals surface area (Å²) >= 11 is 5.38. The predicted octanol–water partition coefficient (Wildman–Crippen LogP) is 5.81. The molecule has 1 aliphatic rings. The zero-order valence-electron chi connectivity index (χ0n) is 12.2. The lowest BCUT2D eigenvalue weighted by Gasteiger charge is -2.27. The Morgan fingerprint density at radius 3 is 2.57 bits per heavy atom. The van der Waals surface area contributed by atoms with Gasteiger partial charge in [-0.15, -0.1) is 5.11 Å². The molecule has 116 valence electrons. The van der Waals surface area contributed by atoms with Gasteiger partial charge in [-0.2, -0.15) is 16.9 Å². The lowest BCUT2D eigenvalue weighted by atomic mass is 10.2. The number of aromatic nitrogens is 1. The highest BCUT2D eigenvalue weighted by Gasteiger charge is 2.27. The average molecular weight is 388 g/mol. The Labute approximate surface area is 146 Å². The van der Waals surface area contributed by atoms with Gasteiger partial charge in [0, 0.05) is 21.4 Å². The topological polar surface area (TPSA) is 49.9 Å². The predicted molar refractivity (Wildman–Crippen MR) is 98.3 cm³/mol. The van der Waals surface area contributed by atoms with E-state index in [9.17, 15) is 5.11 Å². The normalized spacial score (nSPS) is 15.3. The second-order valence-corrected chi connectivity index (χ2v) is 7.42. The molecule has 1 aliphatic heterocycles. The molecule has 2 heterocycles. The first kappa shape index (κ1) is 14.8. The minimum Gasteiger partial charge on any atom is -0.493 e. The molecule has 4 rings (SSSR count). The van der Waals surface area contributed by atoms with Crippen LogP contribution in [0.2, 0.25) is 0 Å². The number of thioether (sulfide) groups is 1. The highest BCUT2D eigenvalue weighted by atomic mass is 79.9. The van der Waals surface area contributed by atoms with Gasteiger partial charge in [0.1, 0.15) is 0 Å². The van der Waals surface area contributed by atoms with Gasteiger partial charge in [0.25, 0.3) is 0 Å². The SMILES string of the molecule is Oc1c(N=Nc2ccccc2)c2cc(Br)ccc2n1C1CSC1. The van der Waals surface area contributed by atoms with E-state index < -0.39 is 0 Å². The van der Waals surface area contributed by atoms with Gasteiger partial charge >= 0.3 is 0 Å². The Morgan fingerprint density at radius 2 is 1.87 bits per heavy atom. The molecule has 0 unspecified atom stereocenters. The highest BCUT2D eigenvalue weighted by Crippen LogP contribution is 2.45. The molecular formula is C17H14BrN3OS. The van der Waals surface area contributed by atoms with Crippen molar-refractivity contribution in [3.63, 3.8) is 0 Å². The molecular weight excluding hydrogens is 374 g/mol. The van der Waals surface area contributed by atoms with Crippen molar-refractivity contribution in [3.05, 3.63) is 53.0 Å². The number of azo groups is 1. The summed E-state index contributed by atoms with van der Waals surface area (Å²) in [5, 5.41) is 20.2. The maximum absolute atomic E-state index is 10.7. The van der Waals surface area contributed by atoms with E-state index in [4.69, 9.17) is 0 Å². The summed E-state index contributed by atoms with van der Waals surface area (Å²) in [5.74, 6) is 2.23. The van der Waals surface area contributed by atoms with Crippen LogP contribution in [-0.4, -0.2) is 21.2 Å². The Hall–Kier alpha value is -1.79. The number of hydrogen-bond acceptors (Lipinski definition) is 4. The Kier molecular flexibility index (Phi) is 3.87. The number of nitrogens with zero attached hydrogens (tertiary/aromatic N) is 3. The van der Waals surface area contributed by atoms with Crippen molar-refractivity contribution in [2.75, 3.05) is 11.5 Å². The molecule has 1 saturated heterocycles. The van der Waals surface area contributed by atoms with Crippen molar-refractivity contribution >= 4 is 50.0 Å². The van der Waals surface area contributed by atoms with E-state index in [0.29, 0.717) is 11.7 Å². The van der Waals surface area contributed by atoms with Crippen LogP contribution < -0.4 is 0 Å². The molecule has 0 atom stereocenters. The van der Waals surface area contributed by atoms with Crippen molar-refractivity contribution in [1.29, 1.82) is 0 Å². The molecule has 1 fully saturated rings. The van der Waals surface area contributed by atoms with E-state index in [0.717, 1.165) is 32.6 Å². The van der Waals surface area contributed by atoms with Crippen LogP contribution >= 0.6 is 27.7 Å². The minimum absolute atomic E-state index is 0.197. The van der Waals surface area contributed by atoms with Crippen LogP contribution in [0.15, 0.2) is 63.2 Å². The number of rotatable bonds is 3. The fourth-order valence-electron chi connectivity index (χ4n) is 2.70. The molecule has 1 N–H and O–H groups in total. The van der Waals surface area contributed by atoms with E-state index in [1.807, 2.05) is 64.9 Å². The molecule has 0 aliphatic carbocycles. The highest BCUT2D eigenvalue weighted by molar-refractivity contribution is 9.10. The molecule has 23 heavy (non-hydrogen) atoms. The van der Waals surface area contributed by atoms with Gasteiger partial charge in [-0.3, -0.25) is 0 Å². The van der Waals surface area contributed by atoms with Crippen molar-refractivity contribution in [3.8, 4) is 5.88 Å². The third-order valence-electron chi connectivity index (χ3n) is 3.92. The van der Waals surface area contributed by atoms with E-state index in [2.05, 4.69) is 26.2 Å². The number of benzene rings is 2. The minimum atomic E-state index is 0.197. The van der Waals surface area contributed by atoms with Crippen LogP contribution in [0.1, 0.15) is 6.04 Å². The summed E-state index contributed by atoms with van der Waals surface area (Å²) in [6.45, 7) is 0. The first-order valence-corrected chi connectivity index (χ1v) is 9.26. The number of hydrogen-bond donors (Lipinski definition) is 1. The lowest BCUT2D eigenvalue weighted by Crippen LogP contribution is -2.22. The molecule has 0 spiro atoms. The van der Waals surface area contributed by atoms with Crippen LogP contribution in [-0.2, 0) is 0 Å². The van der Waals surface area contributed by atoms with Crippen molar-refractivity contribution in [2.45, 2.75) is 6.04 Å². The van der Waals surface area contributed by atoms with Crippen molar-refractivity contribution in [1.82, 2.24) is 4.57 Å². The molecule has 0 saturated carbocycles. The average Bonchev–Trinajstić information content (AvgIpc) is 2.77. The van der Waals surface area contributed by atoms with Gasteiger partial charge in [0.05, 0.1) is 17.2 Å². The molecule has 6 heteroatoms. The van der Waals surface area contributed by atoms with E-state index >= 15 is 0 Å². The van der Waals surface area contributed by atoms with Crippen molar-refractivity contribution < 1.29 is 5.11 Å². The summed E-state index contributed by atoms with van der Waals surface area (Å²) in [5.41, 5.74) is 2.29. The zero-order chi connectivity index (χ0) is 15.8. The molecule has 3 aromatic rings. The van der Waals surface area contributed by atoms with Gasteiger partial charge in [0.2, 0.25) is 5.88 Å². The van der Waals surface area contributed by atoms with Gasteiger partial charge < -0.3 is 9.67 Å². The van der Waals surface area contributed by atoms with Crippen LogP contribution in [0.4, 0.5) is 11.4 Å². The van der Waals surface area contributed by atoms with Crippen LogP contribution in [0.5, 0.6) is 5.88 Å². The van der Waals surface area contributed by atoms with Gasteiger partial charge in [-0.1, -0.05) is 34.1 Å². The first-order valence-electron chi connectivity index (χ1n) is 7.31. The molecule has 0 bridgehead atoms. The van der Waals surface area contributed by atoms with Gasteiger partial charge in [-0.05, 0) is 30.3 Å². The maximum Gasteiger partial charge on any atom is 0.221 e. The van der Waals surface area contributed by atoms with Crippen molar-refractivity contribution in [2.24, 2.45) is 10.2 Å². The smallest absolute Gasteiger partial charge is 0.221 e. The zero-order valence-corrected chi connectivity index (χ0v) is 14.6. The molecule has 0 amide bonds. The standard InChI is InChI=1S/C17H14BrN3OS/c18-11-6-7-15-14(8-11)16(17(22)21(15)13-9-23-10-13)20-19-12-4-2-1-3-5-12/h1-8,13,22H,9-10H2. The third-order valence-corrected chi connectivity index (χ3v) is 5.65. The fourth-order valence-corrected chi connectivity index (χ4v) is 3.81. The fraction of sp³-hybridized carbons (Fsp3) is 0.176. The maximum atomic E-state index is 10.7. The van der Waals surface area contributed by atoms with Crippen LogP contribution in [0.25, 0.3) is 10.9 Å². The van der Waals surface area contributed by atoms with Gasteiger partial charge in [-0.25, -0.2) is 0 Å². The molecule has 4 nitrogen and oxygen atoms in total. The van der Waals surface area contributed by atoms with E-state index in [1.54, 1.807) is 0 Å². The monoisotopic (exact) mass is 387 g/mol. The summed E-state index contributed by atoms with van der Waals surface area (Å²) in [6.07, 6.45) is 0. The molecule has 2 aromatic carbocycles. The van der Waals surface area contributed by atoms with Gasteiger partial charge in [0.15, 0.2) is 5.69 Å². The van der Waals surface area contributed by atoms with Crippen LogP contribution in [0.3, 0.4) is 0 Å². The molecule has 0 radical (unpaired) electrons. The summed E-state index contributed by atoms with van der Waals surface area (Å²) in [7, 11) is 0. The van der Waals surface area contributed by atoms with Crippen LogP contribution in [0, 0.1) is 0 Å². The molecule has 1 aromatic heterocycles. The Bertz CT molecular complexity index is 888. The third kappa shape index (κ3) is 2.66. The van der Waals surface area contributed by atoms with E-state index in [-0.39, 0.29) is 5.88 Å². The quantitative estimate of drug-likeness (QED) is 0.576. The number of halogens is 1. The first-order chi connectivity index (χ1) is 11.2. The second-order valence-electron chi connectivity index (χ2n) is 5.43. The largest absolute Gasteiger partial charge is 0.493 e. The number of aromatic hydroxyl groups is 1. The Balaban J connectivity index is 1.86.